The van der Waals surface area contributed by atoms with E-state index < -0.39 is 0 Å². The largest absolute Gasteiger partial charge is 0.335 e. The zero-order valence-electron chi connectivity index (χ0n) is 13.7. The maximum Gasteiger partial charge on any atom is 0.261 e. The number of carbonyl (C=O) groups excluding carboxylic acids is 1. The third-order valence-corrected chi connectivity index (χ3v) is 5.50. The van der Waals surface area contributed by atoms with Gasteiger partial charge < -0.3 is 9.88 Å². The van der Waals surface area contributed by atoms with Crippen LogP contribution in [0.5, 0.6) is 0 Å². The Morgan fingerprint density at radius 1 is 1.00 bits per heavy atom. The number of likely N-dealkylation sites (tertiary alicyclic amines) is 1. The van der Waals surface area contributed by atoms with Crippen molar-refractivity contribution in [1.82, 2.24) is 9.88 Å². The second-order valence-electron chi connectivity index (χ2n) is 6.88. The molecule has 2 unspecified atom stereocenters. The third kappa shape index (κ3) is 2.66. The fourth-order valence-corrected chi connectivity index (χ4v) is 4.24. The Hall–Kier alpha value is -2.36. The summed E-state index contributed by atoms with van der Waals surface area (Å²) in [4.78, 5) is 30.2. The van der Waals surface area contributed by atoms with Crippen molar-refractivity contribution in [3.8, 4) is 11.3 Å². The second-order valence-corrected chi connectivity index (χ2v) is 6.88. The molecule has 1 saturated heterocycles. The molecule has 1 aromatic carbocycles. The molecule has 4 heteroatoms. The maximum absolute atomic E-state index is 12.9. The molecule has 2 fully saturated rings. The summed E-state index contributed by atoms with van der Waals surface area (Å²) in [6.07, 6.45) is 5.84. The fourth-order valence-electron chi connectivity index (χ4n) is 4.24. The smallest absolute Gasteiger partial charge is 0.261 e. The number of nitrogens with zero attached hydrogens (tertiary/aromatic N) is 1. The first-order valence-electron chi connectivity index (χ1n) is 8.84. The van der Waals surface area contributed by atoms with Gasteiger partial charge in [-0.05, 0) is 42.9 Å². The van der Waals surface area contributed by atoms with Crippen molar-refractivity contribution in [1.29, 1.82) is 0 Å². The number of hydrogen-bond donors (Lipinski definition) is 1. The minimum atomic E-state index is -0.291. The molecule has 1 aliphatic heterocycles. The number of rotatable bonds is 2. The van der Waals surface area contributed by atoms with Crippen molar-refractivity contribution in [2.24, 2.45) is 5.92 Å². The number of hydrogen-bond acceptors (Lipinski definition) is 2. The highest BCUT2D eigenvalue weighted by Gasteiger charge is 2.38. The van der Waals surface area contributed by atoms with Crippen LogP contribution in [0.2, 0.25) is 0 Å². The van der Waals surface area contributed by atoms with Crippen molar-refractivity contribution in [2.75, 3.05) is 6.54 Å². The molecule has 1 N–H and O–H groups in total. The Labute approximate surface area is 141 Å². The molecule has 4 nitrogen and oxygen atoms in total. The monoisotopic (exact) mass is 322 g/mol. The lowest BCUT2D eigenvalue weighted by atomic mass is 9.85. The Kier molecular flexibility index (Phi) is 3.97. The highest BCUT2D eigenvalue weighted by molar-refractivity contribution is 5.94. The lowest BCUT2D eigenvalue weighted by molar-refractivity contribution is 0.0688. The number of pyridine rings is 1. The molecular weight excluding hydrogens is 300 g/mol. The molecule has 1 aromatic heterocycles. The van der Waals surface area contributed by atoms with E-state index in [-0.39, 0.29) is 17.0 Å². The first-order chi connectivity index (χ1) is 11.7. The van der Waals surface area contributed by atoms with E-state index in [4.69, 9.17) is 0 Å². The van der Waals surface area contributed by atoms with Gasteiger partial charge in [0.2, 0.25) is 0 Å². The van der Waals surface area contributed by atoms with E-state index in [2.05, 4.69) is 4.98 Å². The van der Waals surface area contributed by atoms with E-state index in [1.807, 2.05) is 41.3 Å². The normalized spacial score (nSPS) is 23.1. The van der Waals surface area contributed by atoms with E-state index in [1.165, 1.54) is 19.3 Å². The van der Waals surface area contributed by atoms with Crippen molar-refractivity contribution in [2.45, 2.75) is 38.1 Å². The number of aromatic amines is 1. The number of nitrogens with one attached hydrogen (secondary N) is 1. The van der Waals surface area contributed by atoms with Gasteiger partial charge in [-0.3, -0.25) is 9.59 Å². The van der Waals surface area contributed by atoms with Crippen LogP contribution in [0.15, 0.2) is 47.3 Å². The molecule has 2 aromatic rings. The summed E-state index contributed by atoms with van der Waals surface area (Å²) in [7, 11) is 0. The van der Waals surface area contributed by atoms with Gasteiger partial charge >= 0.3 is 0 Å². The first kappa shape index (κ1) is 15.2. The molecule has 1 amide bonds. The van der Waals surface area contributed by atoms with E-state index >= 15 is 0 Å². The van der Waals surface area contributed by atoms with Gasteiger partial charge in [-0.15, -0.1) is 0 Å². The number of H-pyrrole nitrogens is 1. The quantitative estimate of drug-likeness (QED) is 0.921. The van der Waals surface area contributed by atoms with Gasteiger partial charge in [0, 0.05) is 18.3 Å². The lowest BCUT2D eigenvalue weighted by Gasteiger charge is -2.31. The lowest BCUT2D eigenvalue weighted by Crippen LogP contribution is -2.41. The summed E-state index contributed by atoms with van der Waals surface area (Å²) in [5.41, 5.74) is 1.66. The van der Waals surface area contributed by atoms with Crippen LogP contribution in [-0.2, 0) is 0 Å². The van der Waals surface area contributed by atoms with Gasteiger partial charge in [-0.1, -0.05) is 43.2 Å². The highest BCUT2D eigenvalue weighted by Crippen LogP contribution is 2.36. The number of amides is 1. The Morgan fingerprint density at radius 3 is 2.58 bits per heavy atom. The van der Waals surface area contributed by atoms with Crippen LogP contribution in [0.4, 0.5) is 0 Å². The summed E-state index contributed by atoms with van der Waals surface area (Å²) in [5.74, 6) is 0.524. The molecule has 2 atom stereocenters. The van der Waals surface area contributed by atoms with Gasteiger partial charge in [-0.25, -0.2) is 0 Å². The van der Waals surface area contributed by atoms with Crippen LogP contribution in [-0.4, -0.2) is 28.4 Å². The van der Waals surface area contributed by atoms with Gasteiger partial charge in [0.25, 0.3) is 11.5 Å². The van der Waals surface area contributed by atoms with Gasteiger partial charge in [0.05, 0.1) is 0 Å². The Morgan fingerprint density at radius 2 is 1.79 bits per heavy atom. The standard InChI is InChI=1S/C20H22N2O2/c23-19-16(10-11-17(21-19)14-6-2-1-3-7-14)20(24)22-13-12-15-8-4-5-9-18(15)22/h1-3,6-7,10-11,15,18H,4-5,8-9,12-13H2,(H,21,23). The Balaban J connectivity index is 1.60. The number of carbonyl (C=O) groups is 1. The van der Waals surface area contributed by atoms with Gasteiger partial charge in [0.1, 0.15) is 5.56 Å². The summed E-state index contributed by atoms with van der Waals surface area (Å²) >= 11 is 0. The fraction of sp³-hybridized carbons (Fsp3) is 0.400. The molecule has 1 saturated carbocycles. The predicted octanol–water partition coefficient (Wildman–Crippen LogP) is 3.45. The molecule has 0 bridgehead atoms. The zero-order valence-corrected chi connectivity index (χ0v) is 13.7. The van der Waals surface area contributed by atoms with Crippen LogP contribution in [0, 0.1) is 5.92 Å². The summed E-state index contributed by atoms with van der Waals surface area (Å²) in [6.45, 7) is 0.786. The van der Waals surface area contributed by atoms with Crippen molar-refractivity contribution in [3.05, 3.63) is 58.4 Å². The summed E-state index contributed by atoms with van der Waals surface area (Å²) in [6, 6.07) is 13.5. The molecule has 4 rings (SSSR count). The van der Waals surface area contributed by atoms with Crippen LogP contribution in [0.1, 0.15) is 42.5 Å². The SMILES string of the molecule is O=C(c1ccc(-c2ccccc2)[nH]c1=O)N1CCC2CCCCC21. The first-order valence-corrected chi connectivity index (χ1v) is 8.84. The minimum absolute atomic E-state index is 0.106. The molecular formula is C20H22N2O2. The molecule has 0 radical (unpaired) electrons. The van der Waals surface area contributed by atoms with E-state index in [9.17, 15) is 9.59 Å². The van der Waals surface area contributed by atoms with Crippen molar-refractivity contribution in [3.63, 3.8) is 0 Å². The topological polar surface area (TPSA) is 53.2 Å². The summed E-state index contributed by atoms with van der Waals surface area (Å²) < 4.78 is 0. The van der Waals surface area contributed by atoms with Gasteiger partial charge in [0.15, 0.2) is 0 Å². The van der Waals surface area contributed by atoms with Crippen LogP contribution < -0.4 is 5.56 Å². The van der Waals surface area contributed by atoms with Crippen LogP contribution >= 0.6 is 0 Å². The van der Waals surface area contributed by atoms with Gasteiger partial charge in [-0.2, -0.15) is 0 Å². The minimum Gasteiger partial charge on any atom is -0.335 e. The number of benzene rings is 1. The van der Waals surface area contributed by atoms with Crippen molar-refractivity contribution >= 4 is 5.91 Å². The predicted molar refractivity (Wildman–Crippen MR) is 93.9 cm³/mol. The molecule has 2 heterocycles. The highest BCUT2D eigenvalue weighted by atomic mass is 16.2. The Bertz CT molecular complexity index is 797. The average Bonchev–Trinajstić information content (AvgIpc) is 3.06. The number of aromatic nitrogens is 1. The molecule has 0 spiro atoms. The van der Waals surface area contributed by atoms with E-state index in [1.54, 1.807) is 6.07 Å². The zero-order chi connectivity index (χ0) is 16.5. The van der Waals surface area contributed by atoms with E-state index in [0.717, 1.165) is 30.6 Å². The maximum atomic E-state index is 12.9. The third-order valence-electron chi connectivity index (χ3n) is 5.50. The van der Waals surface area contributed by atoms with Crippen LogP contribution in [0.3, 0.4) is 0 Å². The molecule has 24 heavy (non-hydrogen) atoms. The molecule has 124 valence electrons. The van der Waals surface area contributed by atoms with E-state index in [0.29, 0.717) is 12.0 Å². The average molecular weight is 322 g/mol. The summed E-state index contributed by atoms with van der Waals surface area (Å²) in [5, 5.41) is 0. The molecule has 2 aliphatic rings. The molecule has 1 aliphatic carbocycles. The second kappa shape index (κ2) is 6.27. The van der Waals surface area contributed by atoms with Crippen molar-refractivity contribution < 1.29 is 4.79 Å². The van der Waals surface area contributed by atoms with Crippen LogP contribution in [0.25, 0.3) is 11.3 Å². The number of fused-ring (bicyclic) bond motifs is 1.